The van der Waals surface area contributed by atoms with Crippen molar-refractivity contribution in [1.29, 1.82) is 0 Å². The first kappa shape index (κ1) is 15.9. The van der Waals surface area contributed by atoms with Crippen molar-refractivity contribution in [2.24, 2.45) is 0 Å². The largest absolute Gasteiger partial charge is 0.491 e. The summed E-state index contributed by atoms with van der Waals surface area (Å²) in [5.74, 6) is 0.261. The first-order valence-electron chi connectivity index (χ1n) is 7.05. The van der Waals surface area contributed by atoms with E-state index in [9.17, 15) is 9.59 Å². The van der Waals surface area contributed by atoms with Crippen LogP contribution in [-0.2, 0) is 9.53 Å². The monoisotopic (exact) mass is 304 g/mol. The summed E-state index contributed by atoms with van der Waals surface area (Å²) in [5, 5.41) is 5.32. The smallest absolute Gasteiger partial charge is 0.337 e. The minimum atomic E-state index is -0.547. The van der Waals surface area contributed by atoms with Gasteiger partial charge in [-0.3, -0.25) is 0 Å². The predicted octanol–water partition coefficient (Wildman–Crippen LogP) is 2.27. The van der Waals surface area contributed by atoms with Gasteiger partial charge in [0.05, 0.1) is 24.8 Å². The molecule has 2 rings (SSSR count). The molecule has 0 aromatic heterocycles. The summed E-state index contributed by atoms with van der Waals surface area (Å²) in [6, 6.07) is 6.38. The van der Waals surface area contributed by atoms with Crippen LogP contribution in [0.25, 0.3) is 0 Å². The molecule has 6 nitrogen and oxygen atoms in total. The highest BCUT2D eigenvalue weighted by Crippen LogP contribution is 2.28. The van der Waals surface area contributed by atoms with Gasteiger partial charge in [-0.1, -0.05) is 12.1 Å². The van der Waals surface area contributed by atoms with Gasteiger partial charge in [-0.25, -0.2) is 9.59 Å². The number of hydrogen-bond donors (Lipinski definition) is 2. The summed E-state index contributed by atoms with van der Waals surface area (Å²) >= 11 is 0. The second kappa shape index (κ2) is 6.51. The third kappa shape index (κ3) is 3.39. The standard InChI is InChI=1S/C16H20N2O4/c1-9(2)22-12-7-5-11(6-8-12)14-13(15(19)21-4)10(3)17-16(20)18-14/h5-9,14H,1-4H3,(H2,17,18,20)/t14-/m0/s1. The van der Waals surface area contributed by atoms with E-state index < -0.39 is 12.0 Å². The Labute approximate surface area is 129 Å². The van der Waals surface area contributed by atoms with Crippen LogP contribution < -0.4 is 15.4 Å². The molecule has 1 aliphatic rings. The van der Waals surface area contributed by atoms with Crippen LogP contribution in [0.3, 0.4) is 0 Å². The van der Waals surface area contributed by atoms with Gasteiger partial charge in [-0.15, -0.1) is 0 Å². The van der Waals surface area contributed by atoms with Crippen molar-refractivity contribution in [2.45, 2.75) is 32.9 Å². The molecule has 1 heterocycles. The van der Waals surface area contributed by atoms with Crippen LogP contribution in [0.5, 0.6) is 5.75 Å². The Kier molecular flexibility index (Phi) is 4.70. The van der Waals surface area contributed by atoms with E-state index in [4.69, 9.17) is 9.47 Å². The van der Waals surface area contributed by atoms with Crippen molar-refractivity contribution in [3.8, 4) is 5.75 Å². The van der Waals surface area contributed by atoms with Crippen molar-refractivity contribution >= 4 is 12.0 Å². The zero-order valence-electron chi connectivity index (χ0n) is 13.1. The van der Waals surface area contributed by atoms with Crippen LogP contribution in [0.2, 0.25) is 0 Å². The lowest BCUT2D eigenvalue weighted by molar-refractivity contribution is -0.136. The summed E-state index contributed by atoms with van der Waals surface area (Å²) in [6.45, 7) is 5.57. The van der Waals surface area contributed by atoms with E-state index in [2.05, 4.69) is 10.6 Å². The Morgan fingerprint density at radius 2 is 1.86 bits per heavy atom. The van der Waals surface area contributed by atoms with Crippen molar-refractivity contribution < 1.29 is 19.1 Å². The number of allylic oxidation sites excluding steroid dienone is 1. The van der Waals surface area contributed by atoms with Gasteiger partial charge < -0.3 is 20.1 Å². The van der Waals surface area contributed by atoms with Gasteiger partial charge in [-0.2, -0.15) is 0 Å². The first-order valence-corrected chi connectivity index (χ1v) is 7.05. The zero-order chi connectivity index (χ0) is 16.3. The summed E-state index contributed by atoms with van der Waals surface area (Å²) in [7, 11) is 1.32. The fraction of sp³-hybridized carbons (Fsp3) is 0.375. The minimum Gasteiger partial charge on any atom is -0.491 e. The van der Waals surface area contributed by atoms with Gasteiger partial charge >= 0.3 is 12.0 Å². The highest BCUT2D eigenvalue weighted by Gasteiger charge is 2.31. The number of hydrogen-bond acceptors (Lipinski definition) is 4. The predicted molar refractivity (Wildman–Crippen MR) is 81.3 cm³/mol. The van der Waals surface area contributed by atoms with Gasteiger partial charge in [0, 0.05) is 5.70 Å². The number of nitrogens with one attached hydrogen (secondary N) is 2. The van der Waals surface area contributed by atoms with Crippen molar-refractivity contribution in [1.82, 2.24) is 10.6 Å². The summed E-state index contributed by atoms with van der Waals surface area (Å²) in [5.41, 5.74) is 1.66. The number of benzene rings is 1. The highest BCUT2D eigenvalue weighted by molar-refractivity contribution is 5.94. The molecule has 0 unspecified atom stereocenters. The van der Waals surface area contributed by atoms with E-state index in [-0.39, 0.29) is 12.1 Å². The first-order chi connectivity index (χ1) is 10.4. The van der Waals surface area contributed by atoms with Crippen LogP contribution in [0.1, 0.15) is 32.4 Å². The van der Waals surface area contributed by atoms with Gasteiger partial charge in [0.25, 0.3) is 0 Å². The van der Waals surface area contributed by atoms with Gasteiger partial charge in [0.1, 0.15) is 5.75 Å². The molecule has 1 aromatic carbocycles. The Balaban J connectivity index is 2.33. The number of amides is 2. The molecule has 0 radical (unpaired) electrons. The molecule has 0 spiro atoms. The number of methoxy groups -OCH3 is 1. The average molecular weight is 304 g/mol. The van der Waals surface area contributed by atoms with Gasteiger partial charge in [0.15, 0.2) is 0 Å². The molecule has 0 fully saturated rings. The second-order valence-electron chi connectivity index (χ2n) is 5.30. The van der Waals surface area contributed by atoms with Crippen molar-refractivity contribution in [3.63, 3.8) is 0 Å². The number of urea groups is 1. The van der Waals surface area contributed by atoms with Gasteiger partial charge in [0.2, 0.25) is 0 Å². The summed E-state index contributed by atoms with van der Waals surface area (Å²) in [4.78, 5) is 23.7. The van der Waals surface area contributed by atoms with E-state index in [1.165, 1.54) is 7.11 Å². The maximum absolute atomic E-state index is 12.0. The lowest BCUT2D eigenvalue weighted by Gasteiger charge is -2.28. The molecule has 1 atom stereocenters. The van der Waals surface area contributed by atoms with E-state index >= 15 is 0 Å². The molecule has 118 valence electrons. The van der Waals surface area contributed by atoms with E-state index in [1.54, 1.807) is 6.92 Å². The quantitative estimate of drug-likeness (QED) is 0.837. The van der Waals surface area contributed by atoms with Gasteiger partial charge in [-0.05, 0) is 38.5 Å². The number of carbonyl (C=O) groups excluding carboxylic acids is 2. The Morgan fingerprint density at radius 3 is 2.41 bits per heavy atom. The lowest BCUT2D eigenvalue weighted by Crippen LogP contribution is -2.45. The van der Waals surface area contributed by atoms with Crippen molar-refractivity contribution in [3.05, 3.63) is 41.1 Å². The molecule has 0 bridgehead atoms. The van der Waals surface area contributed by atoms with Crippen LogP contribution in [-0.4, -0.2) is 25.2 Å². The maximum atomic E-state index is 12.0. The number of carbonyl (C=O) groups is 2. The fourth-order valence-electron chi connectivity index (χ4n) is 2.34. The SMILES string of the molecule is COC(=O)C1=C(C)NC(=O)N[C@H]1c1ccc(OC(C)C)cc1. The molecular formula is C16H20N2O4. The fourth-order valence-corrected chi connectivity index (χ4v) is 2.34. The van der Waals surface area contributed by atoms with Crippen LogP contribution in [0, 0.1) is 0 Å². The highest BCUT2D eigenvalue weighted by atomic mass is 16.5. The number of rotatable bonds is 4. The molecule has 2 amide bonds. The topological polar surface area (TPSA) is 76.7 Å². The third-order valence-electron chi connectivity index (χ3n) is 3.26. The minimum absolute atomic E-state index is 0.0807. The second-order valence-corrected chi connectivity index (χ2v) is 5.30. The maximum Gasteiger partial charge on any atom is 0.337 e. The van der Waals surface area contributed by atoms with E-state index in [1.807, 2.05) is 38.1 Å². The Hall–Kier alpha value is -2.50. The Bertz CT molecular complexity index is 605. The number of ether oxygens (including phenoxy) is 2. The third-order valence-corrected chi connectivity index (χ3v) is 3.26. The molecule has 1 aromatic rings. The van der Waals surface area contributed by atoms with E-state index in [0.717, 1.165) is 11.3 Å². The number of esters is 1. The average Bonchev–Trinajstić information content (AvgIpc) is 2.46. The van der Waals surface area contributed by atoms with Crippen molar-refractivity contribution in [2.75, 3.05) is 7.11 Å². The molecular weight excluding hydrogens is 284 g/mol. The molecule has 0 saturated heterocycles. The van der Waals surface area contributed by atoms with Crippen LogP contribution >= 0.6 is 0 Å². The molecule has 2 N–H and O–H groups in total. The normalized spacial score (nSPS) is 17.9. The lowest BCUT2D eigenvalue weighted by atomic mass is 9.95. The molecule has 22 heavy (non-hydrogen) atoms. The van der Waals surface area contributed by atoms with Crippen LogP contribution in [0.15, 0.2) is 35.5 Å². The molecule has 0 aliphatic carbocycles. The molecule has 6 heteroatoms. The Morgan fingerprint density at radius 1 is 1.23 bits per heavy atom. The molecule has 1 aliphatic heterocycles. The van der Waals surface area contributed by atoms with E-state index in [0.29, 0.717) is 11.3 Å². The van der Waals surface area contributed by atoms with Crippen LogP contribution in [0.4, 0.5) is 4.79 Å². The molecule has 0 saturated carbocycles. The summed E-state index contributed by atoms with van der Waals surface area (Å²) < 4.78 is 10.4. The zero-order valence-corrected chi connectivity index (χ0v) is 13.1. The summed E-state index contributed by atoms with van der Waals surface area (Å²) in [6.07, 6.45) is 0.0807.